The molecule has 0 aromatic heterocycles. The molecule has 0 saturated heterocycles. The van der Waals surface area contributed by atoms with Crippen LogP contribution in [0.1, 0.15) is 24.2 Å². The van der Waals surface area contributed by atoms with Gasteiger partial charge in [-0.3, -0.25) is 4.79 Å². The normalized spacial score (nSPS) is 11.8. The average Bonchev–Trinajstić information content (AvgIpc) is 2.61. The quantitative estimate of drug-likeness (QED) is 0.779. The summed E-state index contributed by atoms with van der Waals surface area (Å²) in [4.78, 5) is 13.6. The van der Waals surface area contributed by atoms with Gasteiger partial charge in [0.05, 0.1) is 4.90 Å². The van der Waals surface area contributed by atoms with E-state index in [0.29, 0.717) is 11.3 Å². The lowest BCUT2D eigenvalue weighted by Gasteiger charge is -2.21. The average molecular weight is 379 g/mol. The van der Waals surface area contributed by atoms with E-state index in [1.54, 1.807) is 43.8 Å². The third kappa shape index (κ3) is 4.62. The highest BCUT2D eigenvalue weighted by Gasteiger charge is 2.23. The minimum Gasteiger partial charge on any atom is -0.322 e. The largest absolute Gasteiger partial charge is 0.322 e. The van der Waals surface area contributed by atoms with Gasteiger partial charge < -0.3 is 5.32 Å². The van der Waals surface area contributed by atoms with E-state index in [9.17, 15) is 13.2 Å². The number of benzene rings is 2. The Hall–Kier alpha value is -1.83. The van der Waals surface area contributed by atoms with Crippen LogP contribution < -0.4 is 5.32 Å². The first-order chi connectivity index (χ1) is 11.8. The van der Waals surface area contributed by atoms with Crippen LogP contribution in [0.5, 0.6) is 0 Å². The Morgan fingerprint density at radius 3 is 2.44 bits per heavy atom. The number of amides is 1. The van der Waals surface area contributed by atoms with Crippen molar-refractivity contribution < 1.29 is 13.2 Å². The van der Waals surface area contributed by atoms with Crippen molar-refractivity contribution in [2.24, 2.45) is 0 Å². The molecular formula is C18H22N2O3S2. The SMILES string of the molecule is CSc1cccc(NC(=O)c2cccc(S(=O)(=O)N(C)C(C)C)c2)c1. The summed E-state index contributed by atoms with van der Waals surface area (Å²) in [6.07, 6.45) is 1.96. The molecule has 0 aliphatic carbocycles. The molecular weight excluding hydrogens is 356 g/mol. The summed E-state index contributed by atoms with van der Waals surface area (Å²) in [5, 5.41) is 2.80. The molecule has 0 heterocycles. The first kappa shape index (κ1) is 19.5. The summed E-state index contributed by atoms with van der Waals surface area (Å²) in [7, 11) is -2.10. The van der Waals surface area contributed by atoms with Crippen LogP contribution in [0.3, 0.4) is 0 Å². The summed E-state index contributed by atoms with van der Waals surface area (Å²) >= 11 is 1.58. The summed E-state index contributed by atoms with van der Waals surface area (Å²) in [5.41, 5.74) is 0.970. The molecule has 7 heteroatoms. The second-order valence-electron chi connectivity index (χ2n) is 5.83. The summed E-state index contributed by atoms with van der Waals surface area (Å²) in [6.45, 7) is 3.60. The van der Waals surface area contributed by atoms with E-state index in [2.05, 4.69) is 5.32 Å². The highest BCUT2D eigenvalue weighted by Crippen LogP contribution is 2.21. The van der Waals surface area contributed by atoms with Crippen LogP contribution in [0.15, 0.2) is 58.3 Å². The van der Waals surface area contributed by atoms with Gasteiger partial charge in [-0.1, -0.05) is 12.1 Å². The fraction of sp³-hybridized carbons (Fsp3) is 0.278. The summed E-state index contributed by atoms with van der Waals surface area (Å²) in [5.74, 6) is -0.345. The standard InChI is InChI=1S/C18H22N2O3S2/c1-13(2)20(3)25(22,23)17-10-5-7-14(11-17)18(21)19-15-8-6-9-16(12-15)24-4/h5-13H,1-4H3,(H,19,21). The Bertz CT molecular complexity index is 864. The molecule has 0 radical (unpaired) electrons. The monoisotopic (exact) mass is 378 g/mol. The molecule has 1 amide bonds. The number of carbonyl (C=O) groups is 1. The van der Waals surface area contributed by atoms with E-state index < -0.39 is 10.0 Å². The predicted molar refractivity (Wildman–Crippen MR) is 103 cm³/mol. The van der Waals surface area contributed by atoms with Gasteiger partial charge in [0.25, 0.3) is 5.91 Å². The zero-order chi connectivity index (χ0) is 18.6. The number of hydrogen-bond donors (Lipinski definition) is 1. The number of nitrogens with one attached hydrogen (secondary N) is 1. The van der Waals surface area contributed by atoms with Gasteiger partial charge in [0, 0.05) is 29.2 Å². The molecule has 2 aromatic carbocycles. The van der Waals surface area contributed by atoms with Gasteiger partial charge >= 0.3 is 0 Å². The Kier molecular flexibility index (Phi) is 6.26. The van der Waals surface area contributed by atoms with Crippen LogP contribution in [0.2, 0.25) is 0 Å². The lowest BCUT2D eigenvalue weighted by molar-refractivity contribution is 0.102. The fourth-order valence-corrected chi connectivity index (χ4v) is 4.02. The maximum atomic E-state index is 12.6. The van der Waals surface area contributed by atoms with Crippen LogP contribution in [0.25, 0.3) is 0 Å². The highest BCUT2D eigenvalue weighted by molar-refractivity contribution is 7.98. The number of sulfonamides is 1. The van der Waals surface area contributed by atoms with Crippen molar-refractivity contribution in [2.45, 2.75) is 29.7 Å². The number of anilines is 1. The predicted octanol–water partition coefficient (Wildman–Crippen LogP) is 3.69. The third-order valence-corrected chi connectivity index (χ3v) is 6.58. The first-order valence-electron chi connectivity index (χ1n) is 7.79. The van der Waals surface area contributed by atoms with Crippen molar-refractivity contribution in [2.75, 3.05) is 18.6 Å². The van der Waals surface area contributed by atoms with E-state index >= 15 is 0 Å². The highest BCUT2D eigenvalue weighted by atomic mass is 32.2. The van der Waals surface area contributed by atoms with Crippen LogP contribution >= 0.6 is 11.8 Å². The minimum absolute atomic E-state index is 0.106. The van der Waals surface area contributed by atoms with E-state index in [-0.39, 0.29) is 16.8 Å². The van der Waals surface area contributed by atoms with Crippen molar-refractivity contribution in [1.29, 1.82) is 0 Å². The lowest BCUT2D eigenvalue weighted by Crippen LogP contribution is -2.33. The molecule has 1 N–H and O–H groups in total. The van der Waals surface area contributed by atoms with E-state index in [1.165, 1.54) is 23.5 Å². The van der Waals surface area contributed by atoms with Gasteiger partial charge in [0.15, 0.2) is 0 Å². The third-order valence-electron chi connectivity index (χ3n) is 3.83. The topological polar surface area (TPSA) is 66.5 Å². The van der Waals surface area contributed by atoms with E-state index in [4.69, 9.17) is 0 Å². The van der Waals surface area contributed by atoms with E-state index in [1.807, 2.05) is 24.5 Å². The Balaban J connectivity index is 2.27. The van der Waals surface area contributed by atoms with Crippen molar-refractivity contribution in [1.82, 2.24) is 4.31 Å². The number of carbonyl (C=O) groups excluding carboxylic acids is 1. The molecule has 0 atom stereocenters. The molecule has 25 heavy (non-hydrogen) atoms. The van der Waals surface area contributed by atoms with Gasteiger partial charge in [-0.25, -0.2) is 8.42 Å². The van der Waals surface area contributed by atoms with Crippen LogP contribution in [-0.2, 0) is 10.0 Å². The molecule has 0 aliphatic rings. The zero-order valence-corrected chi connectivity index (χ0v) is 16.3. The van der Waals surface area contributed by atoms with Crippen molar-refractivity contribution in [3.63, 3.8) is 0 Å². The molecule has 2 rings (SSSR count). The smallest absolute Gasteiger partial charge is 0.255 e. The molecule has 5 nitrogen and oxygen atoms in total. The van der Waals surface area contributed by atoms with Crippen molar-refractivity contribution >= 4 is 33.4 Å². The van der Waals surface area contributed by atoms with Gasteiger partial charge in [-0.05, 0) is 56.5 Å². The van der Waals surface area contributed by atoms with Gasteiger partial charge in [-0.2, -0.15) is 4.31 Å². The molecule has 0 aliphatic heterocycles. The number of hydrogen-bond acceptors (Lipinski definition) is 4. The van der Waals surface area contributed by atoms with Crippen LogP contribution in [0, 0.1) is 0 Å². The second kappa shape index (κ2) is 8.03. The van der Waals surface area contributed by atoms with Crippen molar-refractivity contribution in [3.8, 4) is 0 Å². The molecule has 0 saturated carbocycles. The maximum Gasteiger partial charge on any atom is 0.255 e. The van der Waals surface area contributed by atoms with Crippen LogP contribution in [-0.4, -0.2) is 38.0 Å². The molecule has 0 fully saturated rings. The minimum atomic E-state index is -3.63. The number of nitrogens with zero attached hydrogens (tertiary/aromatic N) is 1. The Labute approximate surface area is 153 Å². The Morgan fingerprint density at radius 1 is 1.12 bits per heavy atom. The van der Waals surface area contributed by atoms with Gasteiger partial charge in [0.1, 0.15) is 0 Å². The van der Waals surface area contributed by atoms with E-state index in [0.717, 1.165) is 4.90 Å². The van der Waals surface area contributed by atoms with Crippen molar-refractivity contribution in [3.05, 3.63) is 54.1 Å². The van der Waals surface area contributed by atoms with Gasteiger partial charge in [-0.15, -0.1) is 11.8 Å². The molecule has 0 bridgehead atoms. The van der Waals surface area contributed by atoms with Gasteiger partial charge in [0.2, 0.25) is 10.0 Å². The van der Waals surface area contributed by atoms with Crippen LogP contribution in [0.4, 0.5) is 5.69 Å². The summed E-state index contributed by atoms with van der Waals surface area (Å²) < 4.78 is 26.4. The number of thioether (sulfide) groups is 1. The lowest BCUT2D eigenvalue weighted by atomic mass is 10.2. The number of rotatable bonds is 6. The fourth-order valence-electron chi connectivity index (χ4n) is 2.15. The first-order valence-corrected chi connectivity index (χ1v) is 10.5. The zero-order valence-electron chi connectivity index (χ0n) is 14.7. The molecule has 2 aromatic rings. The summed E-state index contributed by atoms with van der Waals surface area (Å²) in [6, 6.07) is 13.4. The Morgan fingerprint density at radius 2 is 1.80 bits per heavy atom. The molecule has 0 unspecified atom stereocenters. The molecule has 0 spiro atoms. The second-order valence-corrected chi connectivity index (χ2v) is 8.71. The molecule has 134 valence electrons. The maximum absolute atomic E-state index is 12.6.